The first-order chi connectivity index (χ1) is 10.7. The Hall–Kier alpha value is -2.49. The van der Waals surface area contributed by atoms with E-state index in [2.05, 4.69) is 12.2 Å². The van der Waals surface area contributed by atoms with Gasteiger partial charge in [-0.2, -0.15) is 0 Å². The number of rotatable bonds is 7. The molecule has 4 heteroatoms. The first kappa shape index (κ1) is 15.9. The second kappa shape index (κ2) is 8.08. The molecule has 116 valence electrons. The summed E-state index contributed by atoms with van der Waals surface area (Å²) in [5.41, 5.74) is 2.01. The topological polar surface area (TPSA) is 58.6 Å². The van der Waals surface area contributed by atoms with Gasteiger partial charge in [0, 0.05) is 5.69 Å². The van der Waals surface area contributed by atoms with Gasteiger partial charge in [0.25, 0.3) is 5.91 Å². The van der Waals surface area contributed by atoms with Gasteiger partial charge in [-0.25, -0.2) is 0 Å². The van der Waals surface area contributed by atoms with Crippen molar-refractivity contribution in [2.45, 2.75) is 26.2 Å². The molecule has 0 radical (unpaired) electrons. The lowest BCUT2D eigenvalue weighted by Gasteiger charge is -2.09. The van der Waals surface area contributed by atoms with Crippen LogP contribution in [0.4, 0.5) is 5.69 Å². The predicted molar refractivity (Wildman–Crippen MR) is 87.3 cm³/mol. The zero-order valence-corrected chi connectivity index (χ0v) is 12.7. The molecule has 2 N–H and O–H groups in total. The molecule has 0 fully saturated rings. The summed E-state index contributed by atoms with van der Waals surface area (Å²) >= 11 is 0. The van der Waals surface area contributed by atoms with Gasteiger partial charge in [0.2, 0.25) is 0 Å². The standard InChI is InChI=1S/C18H21NO3/c1-2-3-6-14-9-11-15(12-10-14)19-18(21)13-22-17-8-5-4-7-16(17)20/h4-5,7-12,20H,2-3,6,13H2,1H3,(H,19,21). The number of ether oxygens (including phenoxy) is 1. The van der Waals surface area contributed by atoms with Crippen molar-refractivity contribution in [1.29, 1.82) is 0 Å². The lowest BCUT2D eigenvalue weighted by atomic mass is 10.1. The van der Waals surface area contributed by atoms with Crippen LogP contribution in [0, 0.1) is 0 Å². The van der Waals surface area contributed by atoms with Gasteiger partial charge in [0.05, 0.1) is 0 Å². The van der Waals surface area contributed by atoms with Gasteiger partial charge in [-0.1, -0.05) is 37.6 Å². The molecule has 1 amide bonds. The number of carbonyl (C=O) groups excluding carboxylic acids is 1. The van der Waals surface area contributed by atoms with Crippen molar-refractivity contribution in [3.63, 3.8) is 0 Å². The maximum Gasteiger partial charge on any atom is 0.262 e. The summed E-state index contributed by atoms with van der Waals surface area (Å²) in [6.45, 7) is 2.02. The van der Waals surface area contributed by atoms with Gasteiger partial charge in [-0.05, 0) is 42.7 Å². The van der Waals surface area contributed by atoms with E-state index in [4.69, 9.17) is 4.74 Å². The third-order valence-corrected chi connectivity index (χ3v) is 3.28. The molecule has 0 saturated heterocycles. The molecule has 0 heterocycles. The Morgan fingerprint density at radius 2 is 1.86 bits per heavy atom. The van der Waals surface area contributed by atoms with Crippen LogP contribution in [0.1, 0.15) is 25.3 Å². The van der Waals surface area contributed by atoms with Crippen LogP contribution < -0.4 is 10.1 Å². The van der Waals surface area contributed by atoms with Gasteiger partial charge >= 0.3 is 0 Å². The van der Waals surface area contributed by atoms with Crippen molar-refractivity contribution in [2.24, 2.45) is 0 Å². The summed E-state index contributed by atoms with van der Waals surface area (Å²) in [4.78, 5) is 11.8. The second-order valence-corrected chi connectivity index (χ2v) is 5.11. The van der Waals surface area contributed by atoms with Gasteiger partial charge in [0.1, 0.15) is 0 Å². The number of benzene rings is 2. The number of unbranched alkanes of at least 4 members (excludes halogenated alkanes) is 1. The van der Waals surface area contributed by atoms with E-state index < -0.39 is 0 Å². The fourth-order valence-corrected chi connectivity index (χ4v) is 2.06. The Balaban J connectivity index is 1.83. The molecule has 0 aliphatic carbocycles. The summed E-state index contributed by atoms with van der Waals surface area (Å²) in [5.74, 6) is 0.0627. The first-order valence-electron chi connectivity index (χ1n) is 7.48. The zero-order valence-electron chi connectivity index (χ0n) is 12.7. The smallest absolute Gasteiger partial charge is 0.262 e. The van der Waals surface area contributed by atoms with E-state index in [9.17, 15) is 9.90 Å². The highest BCUT2D eigenvalue weighted by molar-refractivity contribution is 5.91. The van der Waals surface area contributed by atoms with E-state index in [0.29, 0.717) is 5.75 Å². The van der Waals surface area contributed by atoms with E-state index in [-0.39, 0.29) is 18.3 Å². The van der Waals surface area contributed by atoms with Crippen molar-refractivity contribution < 1.29 is 14.6 Å². The van der Waals surface area contributed by atoms with E-state index in [1.807, 2.05) is 24.3 Å². The highest BCUT2D eigenvalue weighted by atomic mass is 16.5. The lowest BCUT2D eigenvalue weighted by molar-refractivity contribution is -0.118. The summed E-state index contributed by atoms with van der Waals surface area (Å²) in [6.07, 6.45) is 3.39. The number of phenolic OH excluding ortho intramolecular Hbond substituents is 1. The molecule has 0 aromatic heterocycles. The molecule has 2 aromatic rings. The minimum absolute atomic E-state index is 0.0237. The van der Waals surface area contributed by atoms with Crippen LogP contribution in [0.2, 0.25) is 0 Å². The fraction of sp³-hybridized carbons (Fsp3) is 0.278. The number of para-hydroxylation sites is 2. The number of amides is 1. The van der Waals surface area contributed by atoms with Gasteiger partial charge < -0.3 is 15.2 Å². The van der Waals surface area contributed by atoms with Crippen LogP contribution in [0.15, 0.2) is 48.5 Å². The Morgan fingerprint density at radius 3 is 2.55 bits per heavy atom. The number of hydrogen-bond acceptors (Lipinski definition) is 3. The molecule has 0 aliphatic rings. The average molecular weight is 299 g/mol. The molecular weight excluding hydrogens is 278 g/mol. The third-order valence-electron chi connectivity index (χ3n) is 3.28. The van der Waals surface area contributed by atoms with Crippen LogP contribution in [-0.2, 0) is 11.2 Å². The lowest BCUT2D eigenvalue weighted by Crippen LogP contribution is -2.20. The first-order valence-corrected chi connectivity index (χ1v) is 7.48. The SMILES string of the molecule is CCCCc1ccc(NC(=O)COc2ccccc2O)cc1. The normalized spacial score (nSPS) is 10.2. The van der Waals surface area contributed by atoms with E-state index in [1.165, 1.54) is 24.5 Å². The summed E-state index contributed by atoms with van der Waals surface area (Å²) in [7, 11) is 0. The molecule has 0 atom stereocenters. The molecule has 4 nitrogen and oxygen atoms in total. The summed E-state index contributed by atoms with van der Waals surface area (Å²) in [5, 5.41) is 12.3. The van der Waals surface area contributed by atoms with Gasteiger partial charge in [-0.15, -0.1) is 0 Å². The minimum Gasteiger partial charge on any atom is -0.504 e. The second-order valence-electron chi connectivity index (χ2n) is 5.11. The number of phenols is 1. The van der Waals surface area contributed by atoms with E-state index >= 15 is 0 Å². The molecular formula is C18H21NO3. The number of hydrogen-bond donors (Lipinski definition) is 2. The molecule has 2 rings (SSSR count). The highest BCUT2D eigenvalue weighted by Crippen LogP contribution is 2.24. The highest BCUT2D eigenvalue weighted by Gasteiger charge is 2.06. The van der Waals surface area contributed by atoms with E-state index in [1.54, 1.807) is 18.2 Å². The Morgan fingerprint density at radius 1 is 1.14 bits per heavy atom. The molecule has 0 saturated carbocycles. The largest absolute Gasteiger partial charge is 0.504 e. The number of nitrogens with one attached hydrogen (secondary N) is 1. The monoisotopic (exact) mass is 299 g/mol. The van der Waals surface area contributed by atoms with Crippen molar-refractivity contribution >= 4 is 11.6 Å². The number of anilines is 1. The maximum atomic E-state index is 11.8. The number of aromatic hydroxyl groups is 1. The van der Waals surface area contributed by atoms with Crippen molar-refractivity contribution in [3.05, 3.63) is 54.1 Å². The Labute approximate surface area is 130 Å². The van der Waals surface area contributed by atoms with Crippen molar-refractivity contribution in [3.8, 4) is 11.5 Å². The minimum atomic E-state index is -0.260. The Bertz CT molecular complexity index is 608. The molecule has 0 aliphatic heterocycles. The van der Waals surface area contributed by atoms with Gasteiger partial charge in [-0.3, -0.25) is 4.79 Å². The maximum absolute atomic E-state index is 11.8. The van der Waals surface area contributed by atoms with Crippen LogP contribution in [0.3, 0.4) is 0 Å². The van der Waals surface area contributed by atoms with Crippen molar-refractivity contribution in [1.82, 2.24) is 0 Å². The van der Waals surface area contributed by atoms with Crippen LogP contribution in [0.5, 0.6) is 11.5 Å². The van der Waals surface area contributed by atoms with Crippen molar-refractivity contribution in [2.75, 3.05) is 11.9 Å². The quantitative estimate of drug-likeness (QED) is 0.818. The number of aryl methyl sites for hydroxylation is 1. The molecule has 0 unspecified atom stereocenters. The molecule has 0 spiro atoms. The Kier molecular flexibility index (Phi) is 5.83. The van der Waals surface area contributed by atoms with Crippen LogP contribution in [-0.4, -0.2) is 17.6 Å². The molecule has 2 aromatic carbocycles. The fourth-order valence-electron chi connectivity index (χ4n) is 2.06. The van der Waals surface area contributed by atoms with E-state index in [0.717, 1.165) is 12.1 Å². The predicted octanol–water partition coefficient (Wildman–Crippen LogP) is 3.75. The molecule has 22 heavy (non-hydrogen) atoms. The summed E-state index contributed by atoms with van der Waals surface area (Å²) < 4.78 is 5.29. The van der Waals surface area contributed by atoms with Gasteiger partial charge in [0.15, 0.2) is 18.1 Å². The number of carbonyl (C=O) groups is 1. The average Bonchev–Trinajstić information content (AvgIpc) is 2.53. The summed E-state index contributed by atoms with van der Waals surface area (Å²) in [6, 6.07) is 14.4. The third kappa shape index (κ3) is 4.81. The van der Waals surface area contributed by atoms with Crippen LogP contribution >= 0.6 is 0 Å². The zero-order chi connectivity index (χ0) is 15.8. The molecule has 0 bridgehead atoms. The van der Waals surface area contributed by atoms with Crippen LogP contribution in [0.25, 0.3) is 0 Å².